The van der Waals surface area contributed by atoms with E-state index >= 15 is 0 Å². The minimum Gasteiger partial charge on any atom is -0.481 e. The number of carbonyl (C=O) groups is 2. The molecular weight excluding hydrogens is 298 g/mol. The molecule has 0 bridgehead atoms. The highest BCUT2D eigenvalue weighted by atomic mass is 16.5. The Balaban J connectivity index is 1.59. The predicted molar refractivity (Wildman–Crippen MR) is 81.3 cm³/mol. The Morgan fingerprint density at radius 1 is 1.04 bits per heavy atom. The number of hydrogen-bond donors (Lipinski definition) is 0. The Kier molecular flexibility index (Phi) is 4.27. The number of pyridine rings is 1. The zero-order valence-corrected chi connectivity index (χ0v) is 12.8. The molecule has 1 aliphatic rings. The summed E-state index contributed by atoms with van der Waals surface area (Å²) in [5.74, 6) is 0.310. The standard InChI is InChI=1S/C16H17N3O4/c1-22-14-3-2-12(10-17-14)15(20)18-5-7-19(8-6-18)16(21)13-4-9-23-11-13/h2-4,9-11H,5-8H2,1H3. The molecule has 7 nitrogen and oxygen atoms in total. The Morgan fingerprint density at radius 2 is 1.70 bits per heavy atom. The molecule has 23 heavy (non-hydrogen) atoms. The quantitative estimate of drug-likeness (QED) is 0.853. The molecule has 3 heterocycles. The van der Waals surface area contributed by atoms with E-state index in [0.29, 0.717) is 43.2 Å². The number of methoxy groups -OCH3 is 1. The van der Waals surface area contributed by atoms with Gasteiger partial charge >= 0.3 is 0 Å². The molecule has 0 aliphatic carbocycles. The number of carbonyl (C=O) groups excluding carboxylic acids is 2. The lowest BCUT2D eigenvalue weighted by Gasteiger charge is -2.34. The predicted octanol–water partition coefficient (Wildman–Crippen LogP) is 1.28. The van der Waals surface area contributed by atoms with Crippen LogP contribution in [-0.2, 0) is 0 Å². The molecule has 0 N–H and O–H groups in total. The van der Waals surface area contributed by atoms with Gasteiger partial charge in [-0.1, -0.05) is 0 Å². The zero-order valence-electron chi connectivity index (χ0n) is 12.8. The van der Waals surface area contributed by atoms with Crippen molar-refractivity contribution >= 4 is 11.8 Å². The van der Waals surface area contributed by atoms with Gasteiger partial charge in [-0.2, -0.15) is 0 Å². The molecule has 1 fully saturated rings. The molecular formula is C16H17N3O4. The van der Waals surface area contributed by atoms with Crippen LogP contribution in [0.4, 0.5) is 0 Å². The molecule has 0 unspecified atom stereocenters. The molecule has 2 amide bonds. The zero-order chi connectivity index (χ0) is 16.2. The summed E-state index contributed by atoms with van der Waals surface area (Å²) in [6, 6.07) is 4.99. The van der Waals surface area contributed by atoms with Crippen LogP contribution in [0.15, 0.2) is 41.3 Å². The first-order valence-electron chi connectivity index (χ1n) is 7.30. The Morgan fingerprint density at radius 3 is 2.17 bits per heavy atom. The second kappa shape index (κ2) is 6.51. The number of nitrogens with zero attached hydrogens (tertiary/aromatic N) is 3. The highest BCUT2D eigenvalue weighted by molar-refractivity contribution is 5.95. The third-order valence-electron chi connectivity index (χ3n) is 3.81. The van der Waals surface area contributed by atoms with Crippen molar-refractivity contribution in [2.24, 2.45) is 0 Å². The van der Waals surface area contributed by atoms with Crippen molar-refractivity contribution in [3.8, 4) is 5.88 Å². The highest BCUT2D eigenvalue weighted by Gasteiger charge is 2.26. The SMILES string of the molecule is COc1ccc(C(=O)N2CCN(C(=O)c3ccoc3)CC2)cn1. The fraction of sp³-hybridized carbons (Fsp3) is 0.312. The molecule has 0 radical (unpaired) electrons. The van der Waals surface area contributed by atoms with Gasteiger partial charge in [0.2, 0.25) is 5.88 Å². The number of ether oxygens (including phenoxy) is 1. The number of furan rings is 1. The van der Waals surface area contributed by atoms with Crippen LogP contribution in [-0.4, -0.2) is 59.9 Å². The number of piperazine rings is 1. The summed E-state index contributed by atoms with van der Waals surface area (Å²) in [6.45, 7) is 1.99. The maximum atomic E-state index is 12.4. The van der Waals surface area contributed by atoms with Crippen LogP contribution in [0.25, 0.3) is 0 Å². The van der Waals surface area contributed by atoms with E-state index in [0.717, 1.165) is 0 Å². The van der Waals surface area contributed by atoms with Crippen molar-refractivity contribution in [3.63, 3.8) is 0 Å². The summed E-state index contributed by atoms with van der Waals surface area (Å²) in [4.78, 5) is 32.1. The maximum absolute atomic E-state index is 12.4. The monoisotopic (exact) mass is 315 g/mol. The number of hydrogen-bond acceptors (Lipinski definition) is 5. The van der Waals surface area contributed by atoms with Crippen molar-refractivity contribution in [2.75, 3.05) is 33.3 Å². The van der Waals surface area contributed by atoms with Crippen molar-refractivity contribution in [2.45, 2.75) is 0 Å². The van der Waals surface area contributed by atoms with E-state index in [-0.39, 0.29) is 11.8 Å². The van der Waals surface area contributed by atoms with Crippen LogP contribution in [0.1, 0.15) is 20.7 Å². The Bertz CT molecular complexity index is 674. The first kappa shape index (κ1) is 15.1. The van der Waals surface area contributed by atoms with Gasteiger partial charge in [-0.05, 0) is 12.1 Å². The van der Waals surface area contributed by atoms with Crippen molar-refractivity contribution < 1.29 is 18.7 Å². The summed E-state index contributed by atoms with van der Waals surface area (Å²) in [5, 5.41) is 0. The number of amides is 2. The van der Waals surface area contributed by atoms with Crippen molar-refractivity contribution in [3.05, 3.63) is 48.0 Å². The maximum Gasteiger partial charge on any atom is 0.257 e. The van der Waals surface area contributed by atoms with Gasteiger partial charge in [-0.25, -0.2) is 4.98 Å². The van der Waals surface area contributed by atoms with Gasteiger partial charge in [0.05, 0.1) is 24.5 Å². The van der Waals surface area contributed by atoms with Crippen LogP contribution < -0.4 is 4.74 Å². The first-order valence-corrected chi connectivity index (χ1v) is 7.30. The summed E-state index contributed by atoms with van der Waals surface area (Å²) < 4.78 is 9.92. The van der Waals surface area contributed by atoms with Gasteiger partial charge in [0, 0.05) is 38.4 Å². The van der Waals surface area contributed by atoms with Crippen LogP contribution in [0.2, 0.25) is 0 Å². The lowest BCUT2D eigenvalue weighted by atomic mass is 10.2. The van der Waals surface area contributed by atoms with E-state index in [2.05, 4.69) is 4.98 Å². The van der Waals surface area contributed by atoms with E-state index in [4.69, 9.17) is 9.15 Å². The molecule has 1 aliphatic heterocycles. The van der Waals surface area contributed by atoms with E-state index in [1.54, 1.807) is 28.0 Å². The molecule has 1 saturated heterocycles. The van der Waals surface area contributed by atoms with Crippen LogP contribution >= 0.6 is 0 Å². The van der Waals surface area contributed by atoms with Crippen molar-refractivity contribution in [1.29, 1.82) is 0 Å². The van der Waals surface area contributed by atoms with Crippen molar-refractivity contribution in [1.82, 2.24) is 14.8 Å². The minimum atomic E-state index is -0.0874. The summed E-state index contributed by atoms with van der Waals surface area (Å²) in [6.07, 6.45) is 4.41. The third kappa shape index (κ3) is 3.18. The normalized spacial score (nSPS) is 14.7. The second-order valence-corrected chi connectivity index (χ2v) is 5.19. The summed E-state index contributed by atoms with van der Waals surface area (Å²) in [5.41, 5.74) is 1.05. The molecule has 0 atom stereocenters. The van der Waals surface area contributed by atoms with Gasteiger partial charge < -0.3 is 19.0 Å². The highest BCUT2D eigenvalue weighted by Crippen LogP contribution is 2.13. The van der Waals surface area contributed by atoms with E-state index < -0.39 is 0 Å². The first-order chi connectivity index (χ1) is 11.2. The molecule has 2 aromatic heterocycles. The van der Waals surface area contributed by atoms with Gasteiger partial charge in [-0.3, -0.25) is 9.59 Å². The van der Waals surface area contributed by atoms with Gasteiger partial charge in [0.25, 0.3) is 11.8 Å². The molecule has 0 aromatic carbocycles. The summed E-state index contributed by atoms with van der Waals surface area (Å²) >= 11 is 0. The van der Waals surface area contributed by atoms with E-state index in [1.807, 2.05) is 0 Å². The van der Waals surface area contributed by atoms with Gasteiger partial charge in [0.15, 0.2) is 0 Å². The Labute approximate surface area is 133 Å². The summed E-state index contributed by atoms with van der Waals surface area (Å²) in [7, 11) is 1.53. The fourth-order valence-electron chi connectivity index (χ4n) is 2.49. The molecule has 0 spiro atoms. The van der Waals surface area contributed by atoms with Gasteiger partial charge in [0.1, 0.15) is 6.26 Å². The third-order valence-corrected chi connectivity index (χ3v) is 3.81. The van der Waals surface area contributed by atoms with E-state index in [9.17, 15) is 9.59 Å². The smallest absolute Gasteiger partial charge is 0.257 e. The molecule has 120 valence electrons. The Hall–Kier alpha value is -2.83. The fourth-order valence-corrected chi connectivity index (χ4v) is 2.49. The number of rotatable bonds is 3. The molecule has 3 rings (SSSR count). The molecule has 2 aromatic rings. The average Bonchev–Trinajstić information content (AvgIpc) is 3.15. The van der Waals surface area contributed by atoms with Crippen LogP contribution in [0.3, 0.4) is 0 Å². The lowest BCUT2D eigenvalue weighted by molar-refractivity contribution is 0.0534. The van der Waals surface area contributed by atoms with Crippen LogP contribution in [0.5, 0.6) is 5.88 Å². The van der Waals surface area contributed by atoms with Crippen LogP contribution in [0, 0.1) is 0 Å². The number of aromatic nitrogens is 1. The molecule has 7 heteroatoms. The largest absolute Gasteiger partial charge is 0.481 e. The lowest BCUT2D eigenvalue weighted by Crippen LogP contribution is -2.50. The van der Waals surface area contributed by atoms with Gasteiger partial charge in [-0.15, -0.1) is 0 Å². The second-order valence-electron chi connectivity index (χ2n) is 5.19. The minimum absolute atomic E-state index is 0.0723. The topological polar surface area (TPSA) is 75.9 Å². The van der Waals surface area contributed by atoms with E-state index in [1.165, 1.54) is 25.8 Å². The average molecular weight is 315 g/mol. The molecule has 0 saturated carbocycles.